The summed E-state index contributed by atoms with van der Waals surface area (Å²) >= 11 is 0. The lowest BCUT2D eigenvalue weighted by Crippen LogP contribution is -2.40. The summed E-state index contributed by atoms with van der Waals surface area (Å²) in [6.07, 6.45) is 7.01. The Morgan fingerprint density at radius 1 is 1.12 bits per heavy atom. The van der Waals surface area contributed by atoms with Crippen molar-refractivity contribution in [2.45, 2.75) is 25.9 Å². The molecule has 25 heavy (non-hydrogen) atoms. The third-order valence-corrected chi connectivity index (χ3v) is 5.04. The predicted octanol–water partition coefficient (Wildman–Crippen LogP) is 2.99. The molecule has 0 N–H and O–H groups in total. The Morgan fingerprint density at radius 2 is 1.84 bits per heavy atom. The largest absolute Gasteiger partial charge is 0.493 e. The van der Waals surface area contributed by atoms with Gasteiger partial charge in [-0.05, 0) is 36.6 Å². The second-order valence-corrected chi connectivity index (χ2v) is 6.61. The van der Waals surface area contributed by atoms with Crippen molar-refractivity contribution in [3.8, 4) is 17.2 Å². The molecule has 0 amide bonds. The molecule has 6 heteroatoms. The van der Waals surface area contributed by atoms with Crippen LogP contribution >= 0.6 is 0 Å². The molecule has 0 bridgehead atoms. The van der Waals surface area contributed by atoms with Crippen LogP contribution in [0.15, 0.2) is 30.9 Å². The van der Waals surface area contributed by atoms with Crippen LogP contribution in [0.25, 0.3) is 0 Å². The quantitative estimate of drug-likeness (QED) is 0.805. The first kappa shape index (κ1) is 17.6. The normalized spacial score (nSPS) is 21.1. The van der Waals surface area contributed by atoms with E-state index in [0.29, 0.717) is 29.2 Å². The van der Waals surface area contributed by atoms with Gasteiger partial charge in [0.05, 0.1) is 27.7 Å². The fraction of sp³-hybridized carbons (Fsp3) is 0.526. The Labute approximate surface area is 149 Å². The molecule has 0 spiro atoms. The second kappa shape index (κ2) is 7.78. The average Bonchev–Trinajstić information content (AvgIpc) is 3.16. The van der Waals surface area contributed by atoms with Gasteiger partial charge >= 0.3 is 0 Å². The van der Waals surface area contributed by atoms with Gasteiger partial charge in [0, 0.05) is 31.5 Å². The van der Waals surface area contributed by atoms with Gasteiger partial charge < -0.3 is 18.8 Å². The molecule has 2 unspecified atom stereocenters. The maximum absolute atomic E-state index is 5.47. The number of hydrogen-bond donors (Lipinski definition) is 0. The van der Waals surface area contributed by atoms with Crippen LogP contribution in [-0.2, 0) is 6.54 Å². The molecule has 0 saturated carbocycles. The minimum absolute atomic E-state index is 0.457. The number of nitrogens with zero attached hydrogens (tertiary/aromatic N) is 3. The lowest BCUT2D eigenvalue weighted by molar-refractivity contribution is 0.126. The van der Waals surface area contributed by atoms with Crippen molar-refractivity contribution < 1.29 is 14.2 Å². The molecule has 1 aliphatic rings. The number of imidazole rings is 1. The highest BCUT2D eigenvalue weighted by Gasteiger charge is 2.27. The van der Waals surface area contributed by atoms with E-state index in [9.17, 15) is 0 Å². The number of ether oxygens (including phenoxy) is 3. The number of aromatic nitrogens is 2. The molecule has 1 saturated heterocycles. The Morgan fingerprint density at radius 3 is 2.40 bits per heavy atom. The molecule has 2 aromatic rings. The highest BCUT2D eigenvalue weighted by Crippen LogP contribution is 2.39. The first-order chi connectivity index (χ1) is 12.2. The van der Waals surface area contributed by atoms with Crippen LogP contribution in [-0.4, -0.2) is 48.9 Å². The van der Waals surface area contributed by atoms with E-state index in [2.05, 4.69) is 27.6 Å². The van der Waals surface area contributed by atoms with Gasteiger partial charge in [0.25, 0.3) is 0 Å². The topological polar surface area (TPSA) is 48.8 Å². The molecule has 3 rings (SSSR count). The molecular weight excluding hydrogens is 318 g/mol. The fourth-order valence-corrected chi connectivity index (χ4v) is 3.60. The number of benzene rings is 1. The zero-order valence-electron chi connectivity index (χ0n) is 15.4. The summed E-state index contributed by atoms with van der Waals surface area (Å²) in [5.41, 5.74) is 1.16. The van der Waals surface area contributed by atoms with E-state index < -0.39 is 0 Å². The van der Waals surface area contributed by atoms with Crippen molar-refractivity contribution in [1.82, 2.24) is 14.5 Å². The number of likely N-dealkylation sites (tertiary alicyclic amines) is 1. The second-order valence-electron chi connectivity index (χ2n) is 6.61. The van der Waals surface area contributed by atoms with E-state index in [1.165, 1.54) is 6.42 Å². The standard InChI is InChI=1S/C19H27N3O3/c1-14-5-7-21(12-16(14)22-8-6-20-13-22)11-15-9-17(23-2)19(25-4)18(10-15)24-3/h6,8-10,13-14,16H,5,7,11-12H2,1-4H3. The minimum atomic E-state index is 0.457. The third kappa shape index (κ3) is 3.74. The van der Waals surface area contributed by atoms with Crippen LogP contribution in [0.5, 0.6) is 17.2 Å². The summed E-state index contributed by atoms with van der Waals surface area (Å²) in [6.45, 7) is 5.27. The van der Waals surface area contributed by atoms with Crippen molar-refractivity contribution >= 4 is 0 Å². The smallest absolute Gasteiger partial charge is 0.203 e. The highest BCUT2D eigenvalue weighted by molar-refractivity contribution is 5.53. The molecule has 2 heterocycles. The van der Waals surface area contributed by atoms with Crippen molar-refractivity contribution in [3.63, 3.8) is 0 Å². The van der Waals surface area contributed by atoms with Gasteiger partial charge in [-0.15, -0.1) is 0 Å². The SMILES string of the molecule is COc1cc(CN2CCC(C)C(n3ccnc3)C2)cc(OC)c1OC. The maximum atomic E-state index is 5.47. The molecule has 1 fully saturated rings. The van der Waals surface area contributed by atoms with Gasteiger partial charge in [-0.1, -0.05) is 6.92 Å². The zero-order chi connectivity index (χ0) is 17.8. The van der Waals surface area contributed by atoms with Crippen LogP contribution < -0.4 is 14.2 Å². The number of methoxy groups -OCH3 is 3. The summed E-state index contributed by atoms with van der Waals surface area (Å²) in [5.74, 6) is 2.68. The van der Waals surface area contributed by atoms with Crippen molar-refractivity contribution in [1.29, 1.82) is 0 Å². The lowest BCUT2D eigenvalue weighted by atomic mass is 9.93. The molecule has 6 nitrogen and oxygen atoms in total. The van der Waals surface area contributed by atoms with Crippen LogP contribution in [0.3, 0.4) is 0 Å². The maximum Gasteiger partial charge on any atom is 0.203 e. The number of piperidine rings is 1. The van der Waals surface area contributed by atoms with Crippen molar-refractivity contribution in [3.05, 3.63) is 36.4 Å². The average molecular weight is 345 g/mol. The number of rotatable bonds is 6. The van der Waals surface area contributed by atoms with Crippen molar-refractivity contribution in [2.75, 3.05) is 34.4 Å². The molecule has 1 aromatic heterocycles. The van der Waals surface area contributed by atoms with E-state index in [1.807, 2.05) is 24.7 Å². The van der Waals surface area contributed by atoms with Gasteiger partial charge in [0.15, 0.2) is 11.5 Å². The molecule has 0 aliphatic carbocycles. The molecule has 2 atom stereocenters. The Balaban J connectivity index is 1.78. The van der Waals surface area contributed by atoms with Crippen molar-refractivity contribution in [2.24, 2.45) is 5.92 Å². The van der Waals surface area contributed by atoms with Gasteiger partial charge in [-0.3, -0.25) is 4.90 Å². The first-order valence-electron chi connectivity index (χ1n) is 8.65. The molecular formula is C19H27N3O3. The summed E-state index contributed by atoms with van der Waals surface area (Å²) < 4.78 is 18.6. The van der Waals surface area contributed by atoms with E-state index in [0.717, 1.165) is 25.2 Å². The Bertz CT molecular complexity index is 662. The molecule has 0 radical (unpaired) electrons. The highest BCUT2D eigenvalue weighted by atomic mass is 16.5. The lowest BCUT2D eigenvalue weighted by Gasteiger charge is -2.37. The van der Waals surface area contributed by atoms with E-state index in [-0.39, 0.29) is 0 Å². The minimum Gasteiger partial charge on any atom is -0.493 e. The summed E-state index contributed by atoms with van der Waals surface area (Å²) in [4.78, 5) is 6.68. The van der Waals surface area contributed by atoms with E-state index in [4.69, 9.17) is 14.2 Å². The third-order valence-electron chi connectivity index (χ3n) is 5.04. The molecule has 1 aromatic carbocycles. The summed E-state index contributed by atoms with van der Waals surface area (Å²) in [7, 11) is 4.93. The zero-order valence-corrected chi connectivity index (χ0v) is 15.4. The summed E-state index contributed by atoms with van der Waals surface area (Å²) in [5, 5.41) is 0. The fourth-order valence-electron chi connectivity index (χ4n) is 3.60. The van der Waals surface area contributed by atoms with E-state index >= 15 is 0 Å². The Kier molecular flexibility index (Phi) is 5.48. The van der Waals surface area contributed by atoms with Gasteiger partial charge in [-0.2, -0.15) is 0 Å². The number of hydrogen-bond acceptors (Lipinski definition) is 5. The molecule has 1 aliphatic heterocycles. The van der Waals surface area contributed by atoms with Crippen LogP contribution in [0.2, 0.25) is 0 Å². The Hall–Kier alpha value is -2.21. The van der Waals surface area contributed by atoms with Gasteiger partial charge in [0.1, 0.15) is 0 Å². The van der Waals surface area contributed by atoms with Gasteiger partial charge in [0.2, 0.25) is 5.75 Å². The van der Waals surface area contributed by atoms with Gasteiger partial charge in [-0.25, -0.2) is 4.98 Å². The van der Waals surface area contributed by atoms with Crippen LogP contribution in [0.4, 0.5) is 0 Å². The monoisotopic (exact) mass is 345 g/mol. The molecule has 136 valence electrons. The van der Waals surface area contributed by atoms with Crippen LogP contribution in [0.1, 0.15) is 24.9 Å². The predicted molar refractivity (Wildman–Crippen MR) is 96.4 cm³/mol. The first-order valence-corrected chi connectivity index (χ1v) is 8.65. The van der Waals surface area contributed by atoms with E-state index in [1.54, 1.807) is 21.3 Å². The van der Waals surface area contributed by atoms with Crippen LogP contribution in [0, 0.1) is 5.92 Å². The summed E-state index contributed by atoms with van der Waals surface area (Å²) in [6, 6.07) is 4.52.